The standard InChI is InChI=1S/C13H10BrNO2/c14-10-7-5-9(6-8-10)11-3-1-2-4-12(11)15-13(16)17/h1-8,15H,(H,16,17). The minimum atomic E-state index is -1.06. The van der Waals surface area contributed by atoms with Gasteiger partial charge in [0.15, 0.2) is 0 Å². The van der Waals surface area contributed by atoms with Crippen LogP contribution >= 0.6 is 15.9 Å². The maximum absolute atomic E-state index is 10.7. The largest absolute Gasteiger partial charge is 0.465 e. The minimum absolute atomic E-state index is 0.585. The van der Waals surface area contributed by atoms with Gasteiger partial charge in [-0.15, -0.1) is 0 Å². The van der Waals surface area contributed by atoms with E-state index in [1.54, 1.807) is 12.1 Å². The zero-order valence-electron chi connectivity index (χ0n) is 8.85. The minimum Gasteiger partial charge on any atom is -0.465 e. The Morgan fingerprint density at radius 2 is 1.71 bits per heavy atom. The summed E-state index contributed by atoms with van der Waals surface area (Å²) in [4.78, 5) is 10.7. The zero-order chi connectivity index (χ0) is 12.3. The van der Waals surface area contributed by atoms with Gasteiger partial charge in [0.05, 0.1) is 5.69 Å². The molecular weight excluding hydrogens is 282 g/mol. The quantitative estimate of drug-likeness (QED) is 0.871. The van der Waals surface area contributed by atoms with Crippen molar-refractivity contribution in [3.63, 3.8) is 0 Å². The van der Waals surface area contributed by atoms with Crippen LogP contribution in [-0.4, -0.2) is 11.2 Å². The molecule has 0 atom stereocenters. The molecule has 0 unspecified atom stereocenters. The molecule has 0 saturated carbocycles. The van der Waals surface area contributed by atoms with Gasteiger partial charge in [-0.1, -0.05) is 46.3 Å². The van der Waals surface area contributed by atoms with E-state index in [9.17, 15) is 4.79 Å². The molecule has 3 nitrogen and oxygen atoms in total. The van der Waals surface area contributed by atoms with Crippen molar-refractivity contribution in [2.24, 2.45) is 0 Å². The third-order valence-corrected chi connectivity index (χ3v) is 2.85. The van der Waals surface area contributed by atoms with Gasteiger partial charge in [0.2, 0.25) is 0 Å². The molecule has 1 amide bonds. The lowest BCUT2D eigenvalue weighted by molar-refractivity contribution is 0.210. The van der Waals surface area contributed by atoms with Gasteiger partial charge in [0.1, 0.15) is 0 Å². The van der Waals surface area contributed by atoms with E-state index in [0.29, 0.717) is 5.69 Å². The number of amides is 1. The molecular formula is C13H10BrNO2. The Bertz CT molecular complexity index is 537. The van der Waals surface area contributed by atoms with E-state index in [0.717, 1.165) is 15.6 Å². The highest BCUT2D eigenvalue weighted by Crippen LogP contribution is 2.28. The molecule has 2 rings (SSSR count). The predicted molar refractivity (Wildman–Crippen MR) is 71.2 cm³/mol. The predicted octanol–water partition coefficient (Wildman–Crippen LogP) is 4.21. The van der Waals surface area contributed by atoms with Crippen LogP contribution in [0.5, 0.6) is 0 Å². The average Bonchev–Trinajstić information content (AvgIpc) is 2.30. The fourth-order valence-electron chi connectivity index (χ4n) is 1.59. The van der Waals surface area contributed by atoms with Crippen molar-refractivity contribution in [2.75, 3.05) is 5.32 Å². The van der Waals surface area contributed by atoms with Gasteiger partial charge in [-0.25, -0.2) is 4.79 Å². The van der Waals surface area contributed by atoms with E-state index in [-0.39, 0.29) is 0 Å². The lowest BCUT2D eigenvalue weighted by Gasteiger charge is -2.09. The van der Waals surface area contributed by atoms with Gasteiger partial charge < -0.3 is 5.11 Å². The number of anilines is 1. The molecule has 86 valence electrons. The molecule has 2 aromatic carbocycles. The number of benzene rings is 2. The highest BCUT2D eigenvalue weighted by atomic mass is 79.9. The van der Waals surface area contributed by atoms with Crippen molar-refractivity contribution in [3.8, 4) is 11.1 Å². The molecule has 2 N–H and O–H groups in total. The summed E-state index contributed by atoms with van der Waals surface area (Å²) in [5, 5.41) is 11.2. The third-order valence-electron chi connectivity index (χ3n) is 2.32. The molecule has 0 aliphatic rings. The Kier molecular flexibility index (Phi) is 3.44. The fraction of sp³-hybridized carbons (Fsp3) is 0. The third kappa shape index (κ3) is 2.85. The summed E-state index contributed by atoms with van der Waals surface area (Å²) in [6.07, 6.45) is -1.06. The molecule has 2 aromatic rings. The Morgan fingerprint density at radius 1 is 1.06 bits per heavy atom. The summed E-state index contributed by atoms with van der Waals surface area (Å²) in [5.41, 5.74) is 2.42. The Labute approximate surface area is 107 Å². The number of para-hydroxylation sites is 1. The molecule has 0 bridgehead atoms. The maximum Gasteiger partial charge on any atom is 0.409 e. The van der Waals surface area contributed by atoms with Crippen molar-refractivity contribution in [2.45, 2.75) is 0 Å². The molecule has 0 spiro atoms. The second kappa shape index (κ2) is 5.01. The van der Waals surface area contributed by atoms with E-state index in [2.05, 4.69) is 21.2 Å². The van der Waals surface area contributed by atoms with E-state index in [1.165, 1.54) is 0 Å². The van der Waals surface area contributed by atoms with Crippen LogP contribution in [-0.2, 0) is 0 Å². The Morgan fingerprint density at radius 3 is 2.35 bits per heavy atom. The highest BCUT2D eigenvalue weighted by molar-refractivity contribution is 9.10. The van der Waals surface area contributed by atoms with Crippen molar-refractivity contribution in [3.05, 3.63) is 53.0 Å². The summed E-state index contributed by atoms with van der Waals surface area (Å²) in [6, 6.07) is 15.0. The van der Waals surface area contributed by atoms with Crippen molar-refractivity contribution in [1.82, 2.24) is 0 Å². The van der Waals surface area contributed by atoms with Crippen molar-refractivity contribution >= 4 is 27.7 Å². The van der Waals surface area contributed by atoms with Crippen LogP contribution in [0.2, 0.25) is 0 Å². The van der Waals surface area contributed by atoms with E-state index >= 15 is 0 Å². The monoisotopic (exact) mass is 291 g/mol. The molecule has 17 heavy (non-hydrogen) atoms. The molecule has 0 fully saturated rings. The summed E-state index contributed by atoms with van der Waals surface area (Å²) < 4.78 is 0.991. The Balaban J connectivity index is 2.44. The summed E-state index contributed by atoms with van der Waals surface area (Å²) in [7, 11) is 0. The first-order valence-electron chi connectivity index (χ1n) is 5.02. The van der Waals surface area contributed by atoms with Gasteiger partial charge in [0.25, 0.3) is 0 Å². The van der Waals surface area contributed by atoms with Crippen LogP contribution in [0.4, 0.5) is 10.5 Å². The second-order valence-electron chi connectivity index (χ2n) is 3.48. The Hall–Kier alpha value is -1.81. The second-order valence-corrected chi connectivity index (χ2v) is 4.40. The lowest BCUT2D eigenvalue weighted by atomic mass is 10.0. The summed E-state index contributed by atoms with van der Waals surface area (Å²) >= 11 is 3.37. The number of hydrogen-bond acceptors (Lipinski definition) is 1. The number of halogens is 1. The number of rotatable bonds is 2. The summed E-state index contributed by atoms with van der Waals surface area (Å²) in [5.74, 6) is 0. The van der Waals surface area contributed by atoms with Gasteiger partial charge in [-0.05, 0) is 23.8 Å². The first kappa shape index (κ1) is 11.7. The first-order valence-corrected chi connectivity index (χ1v) is 5.81. The van der Waals surface area contributed by atoms with Crippen molar-refractivity contribution in [1.29, 1.82) is 0 Å². The summed E-state index contributed by atoms with van der Waals surface area (Å²) in [6.45, 7) is 0. The van der Waals surface area contributed by atoms with Gasteiger partial charge in [0, 0.05) is 10.0 Å². The van der Waals surface area contributed by atoms with Crippen molar-refractivity contribution < 1.29 is 9.90 Å². The van der Waals surface area contributed by atoms with E-state index < -0.39 is 6.09 Å². The molecule has 4 heteroatoms. The average molecular weight is 292 g/mol. The molecule has 0 heterocycles. The van der Waals surface area contributed by atoms with Crippen LogP contribution in [0.25, 0.3) is 11.1 Å². The molecule has 0 aliphatic carbocycles. The number of hydrogen-bond donors (Lipinski definition) is 2. The number of carbonyl (C=O) groups is 1. The normalized spacial score (nSPS) is 9.94. The molecule has 0 aromatic heterocycles. The molecule has 0 aliphatic heterocycles. The van der Waals surface area contributed by atoms with Crippen LogP contribution in [0.3, 0.4) is 0 Å². The smallest absolute Gasteiger partial charge is 0.409 e. The van der Waals surface area contributed by atoms with Crippen LogP contribution in [0.15, 0.2) is 53.0 Å². The van der Waals surface area contributed by atoms with Gasteiger partial charge >= 0.3 is 6.09 Å². The zero-order valence-corrected chi connectivity index (χ0v) is 10.4. The molecule has 0 radical (unpaired) electrons. The van der Waals surface area contributed by atoms with Gasteiger partial charge in [-0.2, -0.15) is 0 Å². The molecule has 0 saturated heterocycles. The fourth-order valence-corrected chi connectivity index (χ4v) is 1.85. The lowest BCUT2D eigenvalue weighted by Crippen LogP contribution is -2.08. The van der Waals surface area contributed by atoms with Crippen LogP contribution in [0.1, 0.15) is 0 Å². The van der Waals surface area contributed by atoms with E-state index in [1.807, 2.05) is 36.4 Å². The highest BCUT2D eigenvalue weighted by Gasteiger charge is 2.06. The number of carboxylic acid groups (broad SMARTS) is 1. The first-order chi connectivity index (χ1) is 8.16. The van der Waals surface area contributed by atoms with E-state index in [4.69, 9.17) is 5.11 Å². The maximum atomic E-state index is 10.7. The van der Waals surface area contributed by atoms with Gasteiger partial charge in [-0.3, -0.25) is 5.32 Å². The SMILES string of the molecule is O=C(O)Nc1ccccc1-c1ccc(Br)cc1. The topological polar surface area (TPSA) is 49.3 Å². The van der Waals surface area contributed by atoms with Crippen LogP contribution in [0, 0.1) is 0 Å². The van der Waals surface area contributed by atoms with Crippen LogP contribution < -0.4 is 5.32 Å². The number of nitrogens with one attached hydrogen (secondary N) is 1.